The highest BCUT2D eigenvalue weighted by atomic mass is 16.5. The van der Waals surface area contributed by atoms with Gasteiger partial charge in [-0.2, -0.15) is 0 Å². The second-order valence-electron chi connectivity index (χ2n) is 5.78. The summed E-state index contributed by atoms with van der Waals surface area (Å²) in [5, 5.41) is 3.53. The maximum absolute atomic E-state index is 5.40. The van der Waals surface area contributed by atoms with E-state index < -0.39 is 0 Å². The molecule has 2 aliphatic rings. The summed E-state index contributed by atoms with van der Waals surface area (Å²) in [6.45, 7) is 5.26. The maximum atomic E-state index is 5.40. The van der Waals surface area contributed by atoms with Gasteiger partial charge in [-0.15, -0.1) is 0 Å². The third kappa shape index (κ3) is 3.87. The molecule has 4 nitrogen and oxygen atoms in total. The van der Waals surface area contributed by atoms with E-state index in [2.05, 4.69) is 29.2 Å². The minimum atomic E-state index is 0.647. The first kappa shape index (κ1) is 13.7. The van der Waals surface area contributed by atoms with E-state index in [-0.39, 0.29) is 0 Å². The molecule has 0 aromatic carbocycles. The van der Waals surface area contributed by atoms with Gasteiger partial charge in [-0.1, -0.05) is 6.92 Å². The molecule has 2 unspecified atom stereocenters. The molecule has 0 amide bonds. The fourth-order valence-corrected chi connectivity index (χ4v) is 2.55. The highest BCUT2D eigenvalue weighted by Crippen LogP contribution is 2.29. The molecule has 0 spiro atoms. The molecule has 0 bridgehead atoms. The normalized spacial score (nSPS) is 29.2. The highest BCUT2D eigenvalue weighted by molar-refractivity contribution is 5.80. The molecule has 1 N–H and O–H groups in total. The first-order valence-corrected chi connectivity index (χ1v) is 7.23. The Morgan fingerprint density at radius 2 is 2.06 bits per heavy atom. The van der Waals surface area contributed by atoms with Crippen molar-refractivity contribution in [1.29, 1.82) is 0 Å². The zero-order chi connectivity index (χ0) is 13.0. The van der Waals surface area contributed by atoms with Gasteiger partial charge < -0.3 is 15.0 Å². The van der Waals surface area contributed by atoms with Crippen LogP contribution in [0.1, 0.15) is 32.6 Å². The summed E-state index contributed by atoms with van der Waals surface area (Å²) in [4.78, 5) is 6.64. The summed E-state index contributed by atoms with van der Waals surface area (Å²) < 4.78 is 5.40. The van der Waals surface area contributed by atoms with Crippen LogP contribution in [-0.4, -0.2) is 50.8 Å². The Morgan fingerprint density at radius 3 is 2.61 bits per heavy atom. The summed E-state index contributed by atoms with van der Waals surface area (Å²) in [5.74, 6) is 2.70. The molecule has 1 aliphatic heterocycles. The first-order valence-electron chi connectivity index (χ1n) is 7.23. The Bertz CT molecular complexity index is 287. The van der Waals surface area contributed by atoms with Crippen LogP contribution in [0.3, 0.4) is 0 Å². The zero-order valence-electron chi connectivity index (χ0n) is 12.0. The topological polar surface area (TPSA) is 36.9 Å². The van der Waals surface area contributed by atoms with Crippen molar-refractivity contribution in [1.82, 2.24) is 10.2 Å². The van der Waals surface area contributed by atoms with Crippen molar-refractivity contribution in [2.24, 2.45) is 16.8 Å². The second kappa shape index (κ2) is 6.41. The number of hydrogen-bond acceptors (Lipinski definition) is 2. The lowest BCUT2D eigenvalue weighted by molar-refractivity contribution is 0.0625. The van der Waals surface area contributed by atoms with Crippen LogP contribution in [0.15, 0.2) is 4.99 Å². The van der Waals surface area contributed by atoms with Crippen LogP contribution in [0, 0.1) is 11.8 Å². The van der Waals surface area contributed by atoms with Crippen molar-refractivity contribution in [2.75, 3.05) is 33.9 Å². The van der Waals surface area contributed by atoms with E-state index in [9.17, 15) is 0 Å². The molecule has 1 heterocycles. The monoisotopic (exact) mass is 253 g/mol. The van der Waals surface area contributed by atoms with Crippen molar-refractivity contribution >= 4 is 5.96 Å². The minimum Gasteiger partial charge on any atom is -0.381 e. The van der Waals surface area contributed by atoms with Crippen LogP contribution in [0.5, 0.6) is 0 Å². The van der Waals surface area contributed by atoms with Crippen molar-refractivity contribution < 1.29 is 4.74 Å². The lowest BCUT2D eigenvalue weighted by Gasteiger charge is -2.26. The molecule has 2 rings (SSSR count). The molecule has 1 saturated heterocycles. The van der Waals surface area contributed by atoms with Crippen molar-refractivity contribution in [3.05, 3.63) is 0 Å². The van der Waals surface area contributed by atoms with E-state index in [1.807, 2.05) is 7.05 Å². The molecule has 104 valence electrons. The molecule has 2 fully saturated rings. The molecule has 18 heavy (non-hydrogen) atoms. The van der Waals surface area contributed by atoms with E-state index in [0.29, 0.717) is 6.04 Å². The Hall–Kier alpha value is -0.770. The van der Waals surface area contributed by atoms with E-state index in [0.717, 1.165) is 37.6 Å². The van der Waals surface area contributed by atoms with Crippen LogP contribution in [0.4, 0.5) is 0 Å². The van der Waals surface area contributed by atoms with E-state index >= 15 is 0 Å². The summed E-state index contributed by atoms with van der Waals surface area (Å²) >= 11 is 0. The van der Waals surface area contributed by atoms with E-state index in [1.165, 1.54) is 25.7 Å². The molecule has 2 atom stereocenters. The van der Waals surface area contributed by atoms with Crippen molar-refractivity contribution in [2.45, 2.75) is 38.6 Å². The van der Waals surface area contributed by atoms with E-state index in [1.54, 1.807) is 0 Å². The quantitative estimate of drug-likeness (QED) is 0.612. The Balaban J connectivity index is 1.69. The average Bonchev–Trinajstić information content (AvgIpc) is 3.10. The smallest absolute Gasteiger partial charge is 0.193 e. The predicted octanol–water partition coefficient (Wildman–Crippen LogP) is 1.72. The first-order chi connectivity index (χ1) is 8.70. The fraction of sp³-hybridized carbons (Fsp3) is 0.929. The molecular formula is C14H27N3O. The average molecular weight is 253 g/mol. The van der Waals surface area contributed by atoms with Gasteiger partial charge in [0.05, 0.1) is 0 Å². The molecular weight excluding hydrogens is 226 g/mol. The third-order valence-corrected chi connectivity index (χ3v) is 4.21. The summed E-state index contributed by atoms with van der Waals surface area (Å²) in [7, 11) is 4.02. The van der Waals surface area contributed by atoms with Gasteiger partial charge in [-0.3, -0.25) is 4.99 Å². The fourth-order valence-electron chi connectivity index (χ4n) is 2.55. The minimum absolute atomic E-state index is 0.647. The van der Waals surface area contributed by atoms with Crippen LogP contribution < -0.4 is 5.32 Å². The molecule has 1 saturated carbocycles. The third-order valence-electron chi connectivity index (χ3n) is 4.21. The van der Waals surface area contributed by atoms with Crippen LogP contribution >= 0.6 is 0 Å². The van der Waals surface area contributed by atoms with Gasteiger partial charge in [-0.25, -0.2) is 0 Å². The van der Waals surface area contributed by atoms with Gasteiger partial charge in [0, 0.05) is 39.9 Å². The van der Waals surface area contributed by atoms with Gasteiger partial charge in [0.1, 0.15) is 0 Å². The van der Waals surface area contributed by atoms with Crippen molar-refractivity contribution in [3.63, 3.8) is 0 Å². The van der Waals surface area contributed by atoms with Crippen LogP contribution in [-0.2, 0) is 4.74 Å². The summed E-state index contributed by atoms with van der Waals surface area (Å²) in [5.41, 5.74) is 0. The second-order valence-corrected chi connectivity index (χ2v) is 5.78. The van der Waals surface area contributed by atoms with Crippen LogP contribution in [0.25, 0.3) is 0 Å². The number of guanidine groups is 1. The Morgan fingerprint density at radius 1 is 1.39 bits per heavy atom. The standard InChI is InChI=1S/C14H27N3O/c1-11-10-13(11)16-14(15-2)17(3)7-4-12-5-8-18-9-6-12/h11-13H,4-10H2,1-3H3,(H,15,16). The number of aliphatic imine (C=N–C) groups is 1. The van der Waals surface area contributed by atoms with Crippen molar-refractivity contribution in [3.8, 4) is 0 Å². The number of rotatable bonds is 4. The predicted molar refractivity (Wildman–Crippen MR) is 74.9 cm³/mol. The summed E-state index contributed by atoms with van der Waals surface area (Å²) in [6, 6.07) is 0.647. The largest absolute Gasteiger partial charge is 0.381 e. The van der Waals surface area contributed by atoms with Gasteiger partial charge in [0.2, 0.25) is 0 Å². The Kier molecular flexibility index (Phi) is 4.87. The van der Waals surface area contributed by atoms with Crippen LogP contribution in [0.2, 0.25) is 0 Å². The van der Waals surface area contributed by atoms with Gasteiger partial charge >= 0.3 is 0 Å². The molecule has 0 radical (unpaired) electrons. The lowest BCUT2D eigenvalue weighted by atomic mass is 9.96. The number of ether oxygens (including phenoxy) is 1. The molecule has 0 aromatic heterocycles. The van der Waals surface area contributed by atoms with Gasteiger partial charge in [0.15, 0.2) is 5.96 Å². The maximum Gasteiger partial charge on any atom is 0.193 e. The Labute approximate surface area is 111 Å². The van der Waals surface area contributed by atoms with Gasteiger partial charge in [0.25, 0.3) is 0 Å². The number of hydrogen-bond donors (Lipinski definition) is 1. The van der Waals surface area contributed by atoms with E-state index in [4.69, 9.17) is 4.74 Å². The molecule has 1 aliphatic carbocycles. The number of nitrogens with one attached hydrogen (secondary N) is 1. The zero-order valence-corrected chi connectivity index (χ0v) is 12.0. The molecule has 0 aromatic rings. The highest BCUT2D eigenvalue weighted by Gasteiger charge is 2.33. The number of nitrogens with zero attached hydrogens (tertiary/aromatic N) is 2. The summed E-state index contributed by atoms with van der Waals surface area (Å²) in [6.07, 6.45) is 4.98. The van der Waals surface area contributed by atoms with Gasteiger partial charge in [-0.05, 0) is 37.5 Å². The molecule has 4 heteroatoms. The SMILES string of the molecule is CN=C(NC1CC1C)N(C)CCC1CCOCC1. The lowest BCUT2D eigenvalue weighted by Crippen LogP contribution is -2.41.